The van der Waals surface area contributed by atoms with E-state index in [4.69, 9.17) is 0 Å². The number of amides is 2. The SMILES string of the molecule is CC1=NN(c2ccccc2)C(=O)C1C(=O)NC1CCNCC1. The summed E-state index contributed by atoms with van der Waals surface area (Å²) in [6.07, 6.45) is 1.79. The summed E-state index contributed by atoms with van der Waals surface area (Å²) in [7, 11) is 0. The van der Waals surface area contributed by atoms with Crippen LogP contribution in [0.2, 0.25) is 0 Å². The number of hydrogen-bond donors (Lipinski definition) is 2. The number of para-hydroxylation sites is 1. The van der Waals surface area contributed by atoms with Crippen LogP contribution in [0.1, 0.15) is 19.8 Å². The number of anilines is 1. The van der Waals surface area contributed by atoms with Gasteiger partial charge in [-0.2, -0.15) is 10.1 Å². The van der Waals surface area contributed by atoms with Crippen molar-refractivity contribution in [2.24, 2.45) is 11.0 Å². The summed E-state index contributed by atoms with van der Waals surface area (Å²) in [6, 6.07) is 9.32. The number of rotatable bonds is 3. The van der Waals surface area contributed by atoms with Crippen LogP contribution in [-0.2, 0) is 9.59 Å². The molecule has 1 atom stereocenters. The van der Waals surface area contributed by atoms with Crippen LogP contribution in [0, 0.1) is 5.92 Å². The molecule has 2 N–H and O–H groups in total. The standard InChI is InChI=1S/C16H20N4O2/c1-11-14(15(21)18-12-7-9-17-10-8-12)16(22)20(19-11)13-5-3-2-4-6-13/h2-6,12,14,17H,7-10H2,1H3,(H,18,21). The lowest BCUT2D eigenvalue weighted by Gasteiger charge is -2.24. The largest absolute Gasteiger partial charge is 0.352 e. The molecule has 2 aliphatic rings. The Morgan fingerprint density at radius 2 is 1.95 bits per heavy atom. The molecule has 1 unspecified atom stereocenters. The van der Waals surface area contributed by atoms with Crippen molar-refractivity contribution < 1.29 is 9.59 Å². The highest BCUT2D eigenvalue weighted by atomic mass is 16.2. The van der Waals surface area contributed by atoms with Crippen molar-refractivity contribution in [1.29, 1.82) is 0 Å². The Hall–Kier alpha value is -2.21. The number of piperidine rings is 1. The van der Waals surface area contributed by atoms with Gasteiger partial charge in [0.05, 0.1) is 11.4 Å². The zero-order valence-electron chi connectivity index (χ0n) is 12.6. The molecule has 2 heterocycles. The van der Waals surface area contributed by atoms with Gasteiger partial charge in [0.1, 0.15) is 0 Å². The van der Waals surface area contributed by atoms with E-state index in [9.17, 15) is 9.59 Å². The van der Waals surface area contributed by atoms with E-state index in [1.54, 1.807) is 6.92 Å². The lowest BCUT2D eigenvalue weighted by Crippen LogP contribution is -2.47. The number of nitrogens with zero attached hydrogens (tertiary/aromatic N) is 2. The van der Waals surface area contributed by atoms with E-state index in [2.05, 4.69) is 15.7 Å². The van der Waals surface area contributed by atoms with Crippen molar-refractivity contribution in [2.45, 2.75) is 25.8 Å². The predicted octanol–water partition coefficient (Wildman–Crippen LogP) is 0.893. The van der Waals surface area contributed by atoms with Gasteiger partial charge in [0, 0.05) is 6.04 Å². The third-order valence-corrected chi connectivity index (χ3v) is 4.08. The monoisotopic (exact) mass is 300 g/mol. The van der Waals surface area contributed by atoms with E-state index >= 15 is 0 Å². The second-order valence-electron chi connectivity index (χ2n) is 5.69. The maximum atomic E-state index is 12.5. The van der Waals surface area contributed by atoms with E-state index in [0.29, 0.717) is 11.4 Å². The zero-order chi connectivity index (χ0) is 15.5. The van der Waals surface area contributed by atoms with E-state index in [1.807, 2.05) is 30.3 Å². The molecular weight excluding hydrogens is 280 g/mol. The molecule has 0 aliphatic carbocycles. The van der Waals surface area contributed by atoms with E-state index < -0.39 is 5.92 Å². The Morgan fingerprint density at radius 3 is 2.64 bits per heavy atom. The lowest BCUT2D eigenvalue weighted by atomic mass is 10.0. The summed E-state index contributed by atoms with van der Waals surface area (Å²) >= 11 is 0. The Bertz CT molecular complexity index is 593. The quantitative estimate of drug-likeness (QED) is 0.814. The van der Waals surface area contributed by atoms with Gasteiger partial charge in [-0.15, -0.1) is 0 Å². The second-order valence-corrected chi connectivity index (χ2v) is 5.69. The molecular formula is C16H20N4O2. The van der Waals surface area contributed by atoms with Crippen LogP contribution < -0.4 is 15.6 Å². The van der Waals surface area contributed by atoms with Crippen LogP contribution in [0.5, 0.6) is 0 Å². The van der Waals surface area contributed by atoms with Gasteiger partial charge in [-0.05, 0) is 45.0 Å². The third-order valence-electron chi connectivity index (χ3n) is 4.08. The minimum absolute atomic E-state index is 0.139. The van der Waals surface area contributed by atoms with Crippen molar-refractivity contribution in [3.8, 4) is 0 Å². The van der Waals surface area contributed by atoms with Crippen LogP contribution in [0.15, 0.2) is 35.4 Å². The Balaban J connectivity index is 1.71. The smallest absolute Gasteiger partial charge is 0.265 e. The lowest BCUT2D eigenvalue weighted by molar-refractivity contribution is -0.130. The molecule has 0 radical (unpaired) electrons. The fourth-order valence-electron chi connectivity index (χ4n) is 2.87. The highest BCUT2D eigenvalue weighted by Crippen LogP contribution is 2.24. The van der Waals surface area contributed by atoms with E-state index in [0.717, 1.165) is 25.9 Å². The van der Waals surface area contributed by atoms with Gasteiger partial charge >= 0.3 is 0 Å². The molecule has 22 heavy (non-hydrogen) atoms. The fraction of sp³-hybridized carbons (Fsp3) is 0.438. The number of hydrogen-bond acceptors (Lipinski definition) is 4. The maximum absolute atomic E-state index is 12.5. The normalized spacial score (nSPS) is 22.6. The molecule has 0 aromatic heterocycles. The summed E-state index contributed by atoms with van der Waals surface area (Å²) in [5, 5.41) is 11.8. The van der Waals surface area contributed by atoms with Crippen LogP contribution in [0.25, 0.3) is 0 Å². The molecule has 0 saturated carbocycles. The summed E-state index contributed by atoms with van der Waals surface area (Å²) in [5.41, 5.74) is 1.23. The molecule has 0 spiro atoms. The van der Waals surface area contributed by atoms with Gasteiger partial charge in [0.2, 0.25) is 5.91 Å². The van der Waals surface area contributed by atoms with Crippen LogP contribution >= 0.6 is 0 Å². The highest BCUT2D eigenvalue weighted by molar-refractivity contribution is 6.26. The first-order chi connectivity index (χ1) is 10.7. The molecule has 1 fully saturated rings. The molecule has 116 valence electrons. The van der Waals surface area contributed by atoms with Crippen molar-refractivity contribution in [3.05, 3.63) is 30.3 Å². The molecule has 6 nitrogen and oxygen atoms in total. The van der Waals surface area contributed by atoms with Crippen molar-refractivity contribution >= 4 is 23.2 Å². The Kier molecular flexibility index (Phi) is 4.20. The molecule has 0 bridgehead atoms. The van der Waals surface area contributed by atoms with Gasteiger partial charge in [0.15, 0.2) is 5.92 Å². The van der Waals surface area contributed by atoms with Crippen molar-refractivity contribution in [2.75, 3.05) is 18.1 Å². The number of benzene rings is 1. The Labute approximate surface area is 129 Å². The molecule has 1 aromatic carbocycles. The molecule has 1 aromatic rings. The number of hydrazone groups is 1. The van der Waals surface area contributed by atoms with Crippen molar-refractivity contribution in [1.82, 2.24) is 10.6 Å². The average Bonchev–Trinajstić information content (AvgIpc) is 2.84. The highest BCUT2D eigenvalue weighted by Gasteiger charge is 2.40. The first kappa shape index (κ1) is 14.7. The minimum atomic E-state index is -0.810. The van der Waals surface area contributed by atoms with Gasteiger partial charge in [-0.1, -0.05) is 18.2 Å². The van der Waals surface area contributed by atoms with Crippen LogP contribution in [-0.4, -0.2) is 36.7 Å². The van der Waals surface area contributed by atoms with Gasteiger partial charge in [-0.25, -0.2) is 0 Å². The molecule has 2 amide bonds. The summed E-state index contributed by atoms with van der Waals surface area (Å²) < 4.78 is 0. The molecule has 1 saturated heterocycles. The predicted molar refractivity (Wildman–Crippen MR) is 84.6 cm³/mol. The van der Waals surface area contributed by atoms with Crippen molar-refractivity contribution in [3.63, 3.8) is 0 Å². The third kappa shape index (κ3) is 2.87. The molecule has 2 aliphatic heterocycles. The van der Waals surface area contributed by atoms with Crippen LogP contribution in [0.4, 0.5) is 5.69 Å². The van der Waals surface area contributed by atoms with Crippen LogP contribution in [0.3, 0.4) is 0 Å². The van der Waals surface area contributed by atoms with E-state index in [1.165, 1.54) is 5.01 Å². The minimum Gasteiger partial charge on any atom is -0.352 e. The summed E-state index contributed by atoms with van der Waals surface area (Å²) in [4.78, 5) is 25.0. The number of nitrogens with one attached hydrogen (secondary N) is 2. The first-order valence-corrected chi connectivity index (χ1v) is 7.62. The number of carbonyl (C=O) groups excluding carboxylic acids is 2. The molecule has 6 heteroatoms. The topological polar surface area (TPSA) is 73.8 Å². The Morgan fingerprint density at radius 1 is 1.27 bits per heavy atom. The summed E-state index contributed by atoms with van der Waals surface area (Å²) in [6.45, 7) is 3.52. The van der Waals surface area contributed by atoms with Gasteiger partial charge < -0.3 is 10.6 Å². The van der Waals surface area contributed by atoms with E-state index in [-0.39, 0.29) is 17.9 Å². The zero-order valence-corrected chi connectivity index (χ0v) is 12.6. The van der Waals surface area contributed by atoms with Gasteiger partial charge in [-0.3, -0.25) is 9.59 Å². The van der Waals surface area contributed by atoms with Gasteiger partial charge in [0.25, 0.3) is 5.91 Å². The summed E-state index contributed by atoms with van der Waals surface area (Å²) in [5.74, 6) is -1.33. The average molecular weight is 300 g/mol. The second kappa shape index (κ2) is 6.27. The molecule has 3 rings (SSSR count). The fourth-order valence-corrected chi connectivity index (χ4v) is 2.87. The number of carbonyl (C=O) groups is 2. The first-order valence-electron chi connectivity index (χ1n) is 7.62. The maximum Gasteiger partial charge on any atom is 0.265 e.